The maximum Gasteiger partial charge on any atom is 0.303 e. The first kappa shape index (κ1) is 11.0. The Balaban J connectivity index is 3.93. The lowest BCUT2D eigenvalue weighted by Gasteiger charge is -2.12. The Labute approximate surface area is 76.3 Å². The zero-order valence-corrected chi connectivity index (χ0v) is 7.73. The molecule has 0 heterocycles. The van der Waals surface area contributed by atoms with Gasteiger partial charge in [-0.25, -0.2) is 0 Å². The highest BCUT2D eigenvalue weighted by Gasteiger charge is 2.12. The minimum Gasteiger partial charge on any atom is -0.455 e. The minimum atomic E-state index is -0.804. The molecule has 1 N–H and O–H groups in total. The smallest absolute Gasteiger partial charge is 0.303 e. The van der Waals surface area contributed by atoms with E-state index >= 15 is 0 Å². The lowest BCUT2D eigenvalue weighted by atomic mass is 10.4. The molecular weight excluding hydrogens is 178 g/mol. The molecule has 0 aliphatic carbocycles. The number of hydrogen-bond donors (Lipinski definition) is 1. The molecule has 0 aromatic heterocycles. The van der Waals surface area contributed by atoms with Crippen LogP contribution in [0.2, 0.25) is 0 Å². The van der Waals surface area contributed by atoms with Crippen LogP contribution in [0.4, 0.5) is 0 Å². The van der Waals surface area contributed by atoms with Crippen LogP contribution in [0, 0.1) is 6.92 Å². The highest BCUT2D eigenvalue weighted by Crippen LogP contribution is 1.92. The quantitative estimate of drug-likeness (QED) is 0.497. The molecule has 12 heavy (non-hydrogen) atoms. The summed E-state index contributed by atoms with van der Waals surface area (Å²) in [5.74, 6) is -0.788. The fourth-order valence-electron chi connectivity index (χ4n) is 0.508. The molecule has 0 aliphatic rings. The zero-order valence-electron chi connectivity index (χ0n) is 6.92. The molecule has 0 aromatic carbocycles. The summed E-state index contributed by atoms with van der Waals surface area (Å²) in [7, 11) is 0. The summed E-state index contributed by atoms with van der Waals surface area (Å²) in [5, 5.41) is 2.30. The highest BCUT2D eigenvalue weighted by molar-refractivity contribution is 7.80. The Kier molecular flexibility index (Phi) is 4.43. The lowest BCUT2D eigenvalue weighted by Crippen LogP contribution is -2.36. The second-order valence-electron chi connectivity index (χ2n) is 2.14. The molecule has 1 atom stereocenters. The van der Waals surface area contributed by atoms with Crippen molar-refractivity contribution in [1.82, 2.24) is 5.32 Å². The van der Waals surface area contributed by atoms with Crippen molar-refractivity contribution in [2.75, 3.05) is 0 Å². The number of esters is 1. The largest absolute Gasteiger partial charge is 0.455 e. The molecule has 0 bridgehead atoms. The van der Waals surface area contributed by atoms with Crippen LogP contribution in [0.15, 0.2) is 0 Å². The molecule has 0 spiro atoms. The van der Waals surface area contributed by atoms with Crippen LogP contribution < -0.4 is 5.32 Å². The van der Waals surface area contributed by atoms with E-state index in [4.69, 9.17) is 12.2 Å². The number of carbonyl (C=O) groups is 2. The SMILES string of the molecule is [CH2]C(OC(C)=O)C(=S)NC(C)=O. The molecule has 0 aliphatic heterocycles. The minimum absolute atomic E-state index is 0.109. The van der Waals surface area contributed by atoms with E-state index in [9.17, 15) is 9.59 Å². The van der Waals surface area contributed by atoms with E-state index in [1.54, 1.807) is 0 Å². The van der Waals surface area contributed by atoms with E-state index < -0.39 is 12.1 Å². The van der Waals surface area contributed by atoms with Gasteiger partial charge in [-0.15, -0.1) is 0 Å². The summed E-state index contributed by atoms with van der Waals surface area (Å²) in [6.45, 7) is 5.99. The van der Waals surface area contributed by atoms with E-state index in [0.717, 1.165) is 0 Å². The number of thiocarbonyl (C=S) groups is 1. The Morgan fingerprint density at radius 2 is 2.00 bits per heavy atom. The van der Waals surface area contributed by atoms with Crippen LogP contribution in [0.25, 0.3) is 0 Å². The van der Waals surface area contributed by atoms with Crippen LogP contribution >= 0.6 is 12.2 Å². The van der Waals surface area contributed by atoms with E-state index in [0.29, 0.717) is 0 Å². The number of nitrogens with one attached hydrogen (secondary N) is 1. The van der Waals surface area contributed by atoms with Crippen LogP contribution in [-0.4, -0.2) is 23.0 Å². The highest BCUT2D eigenvalue weighted by atomic mass is 32.1. The van der Waals surface area contributed by atoms with Gasteiger partial charge in [0.1, 0.15) is 4.99 Å². The second-order valence-corrected chi connectivity index (χ2v) is 2.58. The number of carbonyl (C=O) groups excluding carboxylic acids is 2. The van der Waals surface area contributed by atoms with E-state index in [1.165, 1.54) is 13.8 Å². The summed E-state index contributed by atoms with van der Waals surface area (Å²) in [6.07, 6.45) is -0.804. The normalized spacial score (nSPS) is 11.6. The third-order valence-corrected chi connectivity index (χ3v) is 1.26. The van der Waals surface area contributed by atoms with Gasteiger partial charge in [-0.1, -0.05) is 12.2 Å². The predicted molar refractivity (Wildman–Crippen MR) is 47.3 cm³/mol. The molecule has 1 radical (unpaired) electrons. The Morgan fingerprint density at radius 1 is 1.50 bits per heavy atom. The summed E-state index contributed by atoms with van der Waals surface area (Å²) < 4.78 is 4.61. The molecule has 0 aromatic rings. The van der Waals surface area contributed by atoms with Gasteiger partial charge in [-0.2, -0.15) is 0 Å². The van der Waals surface area contributed by atoms with Crippen molar-refractivity contribution in [2.45, 2.75) is 20.0 Å². The Hall–Kier alpha value is -0.970. The third-order valence-electron chi connectivity index (χ3n) is 0.900. The Morgan fingerprint density at radius 3 is 2.33 bits per heavy atom. The average molecular weight is 188 g/mol. The van der Waals surface area contributed by atoms with Crippen LogP contribution in [0.5, 0.6) is 0 Å². The van der Waals surface area contributed by atoms with Gasteiger partial charge in [-0.3, -0.25) is 9.59 Å². The molecule has 5 heteroatoms. The van der Waals surface area contributed by atoms with Crippen molar-refractivity contribution in [1.29, 1.82) is 0 Å². The first-order chi connectivity index (χ1) is 5.43. The topological polar surface area (TPSA) is 55.4 Å². The summed E-state index contributed by atoms with van der Waals surface area (Å²) in [6, 6.07) is 0. The number of hydrogen-bond acceptors (Lipinski definition) is 4. The lowest BCUT2D eigenvalue weighted by molar-refractivity contribution is -0.142. The molecule has 0 saturated carbocycles. The molecule has 4 nitrogen and oxygen atoms in total. The number of amides is 1. The molecule has 1 unspecified atom stereocenters. The van der Waals surface area contributed by atoms with E-state index in [1.807, 2.05) is 0 Å². The standard InChI is InChI=1S/C7H10NO3S/c1-4(11-6(3)10)7(12)8-5(2)9/h4H,1H2,2-3H3,(H,8,9,12). The fourth-order valence-corrected chi connectivity index (χ4v) is 0.700. The monoisotopic (exact) mass is 188 g/mol. The molecule has 0 rings (SSSR count). The van der Waals surface area contributed by atoms with Crippen molar-refractivity contribution >= 4 is 29.1 Å². The molecule has 1 amide bonds. The summed E-state index contributed by atoms with van der Waals surface area (Å²) in [4.78, 5) is 21.0. The summed E-state index contributed by atoms with van der Waals surface area (Å²) >= 11 is 4.70. The van der Waals surface area contributed by atoms with E-state index in [-0.39, 0.29) is 10.9 Å². The van der Waals surface area contributed by atoms with Crippen molar-refractivity contribution < 1.29 is 14.3 Å². The van der Waals surface area contributed by atoms with Gasteiger partial charge in [0.05, 0.1) is 0 Å². The summed E-state index contributed by atoms with van der Waals surface area (Å²) in [5.41, 5.74) is 0. The number of rotatable bonds is 2. The van der Waals surface area contributed by atoms with Gasteiger partial charge in [0.25, 0.3) is 0 Å². The van der Waals surface area contributed by atoms with Crippen LogP contribution in [0.3, 0.4) is 0 Å². The van der Waals surface area contributed by atoms with Gasteiger partial charge >= 0.3 is 5.97 Å². The van der Waals surface area contributed by atoms with Crippen LogP contribution in [0.1, 0.15) is 13.8 Å². The fraction of sp³-hybridized carbons (Fsp3) is 0.429. The molecule has 0 fully saturated rings. The van der Waals surface area contributed by atoms with Gasteiger partial charge in [0.2, 0.25) is 5.91 Å². The maximum atomic E-state index is 10.5. The molecule has 67 valence electrons. The van der Waals surface area contributed by atoms with Crippen molar-refractivity contribution in [3.8, 4) is 0 Å². The predicted octanol–water partition coefficient (Wildman–Crippen LogP) is 0.216. The van der Waals surface area contributed by atoms with Gasteiger partial charge in [-0.05, 0) is 6.92 Å². The van der Waals surface area contributed by atoms with E-state index in [2.05, 4.69) is 17.0 Å². The molecular formula is C7H10NO3S. The van der Waals surface area contributed by atoms with Crippen LogP contribution in [-0.2, 0) is 14.3 Å². The third kappa shape index (κ3) is 4.79. The van der Waals surface area contributed by atoms with Gasteiger partial charge in [0.15, 0.2) is 6.10 Å². The molecule has 0 saturated heterocycles. The average Bonchev–Trinajstić information content (AvgIpc) is 1.84. The number of ether oxygens (including phenoxy) is 1. The first-order valence-electron chi connectivity index (χ1n) is 3.25. The Bertz CT molecular complexity index is 215. The van der Waals surface area contributed by atoms with Crippen molar-refractivity contribution in [2.24, 2.45) is 0 Å². The van der Waals surface area contributed by atoms with Gasteiger partial charge < -0.3 is 10.1 Å². The second kappa shape index (κ2) is 4.82. The van der Waals surface area contributed by atoms with Crippen molar-refractivity contribution in [3.05, 3.63) is 6.92 Å². The van der Waals surface area contributed by atoms with Crippen molar-refractivity contribution in [3.63, 3.8) is 0 Å². The first-order valence-corrected chi connectivity index (χ1v) is 3.66. The zero-order chi connectivity index (χ0) is 9.72. The van der Waals surface area contributed by atoms with Gasteiger partial charge in [0, 0.05) is 13.8 Å². The maximum absolute atomic E-state index is 10.5.